The number of thiol groups is 1. The second-order valence-corrected chi connectivity index (χ2v) is 4.70. The molecule has 1 rings (SSSR count). The first-order valence-electron chi connectivity index (χ1n) is 5.01. The molecule has 0 aliphatic rings. The number of hydrogen-bond acceptors (Lipinski definition) is 3. The summed E-state index contributed by atoms with van der Waals surface area (Å²) in [4.78, 5) is 11.5. The number of hydrogen-bond donors (Lipinski definition) is 1. The van der Waals surface area contributed by atoms with Crippen molar-refractivity contribution >= 4 is 24.0 Å². The van der Waals surface area contributed by atoms with Crippen molar-refractivity contribution in [3.63, 3.8) is 0 Å². The van der Waals surface area contributed by atoms with Gasteiger partial charge in [-0.05, 0) is 25.5 Å². The molecule has 4 heteroatoms. The van der Waals surface area contributed by atoms with Crippen molar-refractivity contribution in [1.29, 1.82) is 0 Å². The standard InChI is InChI=1S/C10H17NOS2/c1-9-8-14-10(12)11(9)6-4-2-3-5-7-13/h8,13H,2-7H2,1H3. The van der Waals surface area contributed by atoms with E-state index in [4.69, 9.17) is 0 Å². The van der Waals surface area contributed by atoms with Crippen LogP contribution in [0.5, 0.6) is 0 Å². The van der Waals surface area contributed by atoms with E-state index >= 15 is 0 Å². The summed E-state index contributed by atoms with van der Waals surface area (Å²) < 4.78 is 1.87. The van der Waals surface area contributed by atoms with Crippen LogP contribution in [0.25, 0.3) is 0 Å². The molecule has 0 bridgehead atoms. The van der Waals surface area contributed by atoms with Crippen molar-refractivity contribution in [1.82, 2.24) is 4.57 Å². The fourth-order valence-electron chi connectivity index (χ4n) is 1.41. The number of unbranched alkanes of at least 4 members (excludes halogenated alkanes) is 3. The highest BCUT2D eigenvalue weighted by molar-refractivity contribution is 7.80. The minimum atomic E-state index is 0.177. The van der Waals surface area contributed by atoms with Gasteiger partial charge >= 0.3 is 4.87 Å². The van der Waals surface area contributed by atoms with Crippen LogP contribution in [0.4, 0.5) is 0 Å². The molecule has 0 unspecified atom stereocenters. The third-order valence-corrected chi connectivity index (χ3v) is 3.46. The molecule has 1 heterocycles. The number of nitrogens with zero attached hydrogens (tertiary/aromatic N) is 1. The van der Waals surface area contributed by atoms with Crippen LogP contribution in [0.1, 0.15) is 31.4 Å². The van der Waals surface area contributed by atoms with Gasteiger partial charge in [-0.25, -0.2) is 0 Å². The maximum absolute atomic E-state index is 11.3. The fourth-order valence-corrected chi connectivity index (χ4v) is 2.39. The molecule has 0 N–H and O–H groups in total. The Morgan fingerprint density at radius 3 is 2.64 bits per heavy atom. The second-order valence-electron chi connectivity index (χ2n) is 3.43. The molecule has 0 spiro atoms. The van der Waals surface area contributed by atoms with Crippen molar-refractivity contribution in [2.45, 2.75) is 39.2 Å². The minimum absolute atomic E-state index is 0.177. The lowest BCUT2D eigenvalue weighted by Gasteiger charge is -2.03. The molecular weight excluding hydrogens is 214 g/mol. The summed E-state index contributed by atoms with van der Waals surface area (Å²) in [6.45, 7) is 2.87. The topological polar surface area (TPSA) is 22.0 Å². The van der Waals surface area contributed by atoms with Gasteiger partial charge in [-0.2, -0.15) is 12.6 Å². The van der Waals surface area contributed by atoms with Gasteiger partial charge in [-0.1, -0.05) is 24.2 Å². The molecule has 0 amide bonds. The molecule has 1 aromatic heterocycles. The van der Waals surface area contributed by atoms with Gasteiger partial charge in [0.25, 0.3) is 0 Å². The van der Waals surface area contributed by atoms with E-state index in [2.05, 4.69) is 12.6 Å². The molecule has 0 saturated heterocycles. The van der Waals surface area contributed by atoms with Gasteiger partial charge in [0.15, 0.2) is 0 Å². The van der Waals surface area contributed by atoms with E-state index in [9.17, 15) is 4.79 Å². The van der Waals surface area contributed by atoms with Gasteiger partial charge in [-0.3, -0.25) is 4.79 Å². The highest BCUT2D eigenvalue weighted by Gasteiger charge is 2.00. The molecule has 14 heavy (non-hydrogen) atoms. The molecule has 2 nitrogen and oxygen atoms in total. The van der Waals surface area contributed by atoms with Crippen LogP contribution in [0, 0.1) is 6.92 Å². The first-order valence-corrected chi connectivity index (χ1v) is 6.52. The van der Waals surface area contributed by atoms with Gasteiger partial charge in [0.05, 0.1) is 0 Å². The van der Waals surface area contributed by atoms with Crippen molar-refractivity contribution in [3.8, 4) is 0 Å². The van der Waals surface area contributed by atoms with Crippen LogP contribution in [0.3, 0.4) is 0 Å². The Balaban J connectivity index is 2.28. The van der Waals surface area contributed by atoms with E-state index in [-0.39, 0.29) is 4.87 Å². The Morgan fingerprint density at radius 2 is 2.07 bits per heavy atom. The van der Waals surface area contributed by atoms with Crippen LogP contribution in [0.2, 0.25) is 0 Å². The van der Waals surface area contributed by atoms with Gasteiger partial charge in [0.1, 0.15) is 0 Å². The molecule has 0 fully saturated rings. The number of rotatable bonds is 6. The predicted octanol–water partition coefficient (Wildman–Crippen LogP) is 2.71. The summed E-state index contributed by atoms with van der Waals surface area (Å²) in [5.74, 6) is 0.970. The van der Waals surface area contributed by atoms with Gasteiger partial charge < -0.3 is 4.57 Å². The Kier molecular flexibility index (Phi) is 5.33. The minimum Gasteiger partial charge on any atom is -0.303 e. The van der Waals surface area contributed by atoms with Gasteiger partial charge in [0, 0.05) is 17.6 Å². The van der Waals surface area contributed by atoms with E-state index in [1.165, 1.54) is 30.6 Å². The molecular formula is C10H17NOS2. The molecule has 0 aromatic carbocycles. The SMILES string of the molecule is Cc1csc(=O)n1CCCCCCS. The largest absolute Gasteiger partial charge is 0.307 e. The van der Waals surface area contributed by atoms with Crippen molar-refractivity contribution in [2.75, 3.05) is 5.75 Å². The summed E-state index contributed by atoms with van der Waals surface area (Å²) in [6.07, 6.45) is 4.70. The van der Waals surface area contributed by atoms with Gasteiger partial charge in [-0.15, -0.1) is 0 Å². The van der Waals surface area contributed by atoms with E-state index in [0.717, 1.165) is 24.4 Å². The smallest absolute Gasteiger partial charge is 0.303 e. The monoisotopic (exact) mass is 231 g/mol. The maximum atomic E-state index is 11.3. The van der Waals surface area contributed by atoms with E-state index in [1.54, 1.807) is 0 Å². The number of aromatic nitrogens is 1. The normalized spacial score (nSPS) is 10.7. The average Bonchev–Trinajstić information content (AvgIpc) is 2.48. The van der Waals surface area contributed by atoms with E-state index in [1.807, 2.05) is 16.9 Å². The molecule has 80 valence electrons. The second kappa shape index (κ2) is 6.30. The summed E-state index contributed by atoms with van der Waals surface area (Å²) >= 11 is 5.46. The Bertz CT molecular complexity index is 316. The summed E-state index contributed by atoms with van der Waals surface area (Å²) in [7, 11) is 0. The third kappa shape index (κ3) is 3.50. The van der Waals surface area contributed by atoms with Crippen LogP contribution in [0.15, 0.2) is 10.2 Å². The Morgan fingerprint density at radius 1 is 1.36 bits per heavy atom. The molecule has 0 atom stereocenters. The van der Waals surface area contributed by atoms with Crippen LogP contribution < -0.4 is 4.87 Å². The Labute approximate surface area is 94.4 Å². The predicted molar refractivity (Wildman–Crippen MR) is 65.6 cm³/mol. The summed E-state index contributed by atoms with van der Waals surface area (Å²) in [6, 6.07) is 0. The van der Waals surface area contributed by atoms with Crippen molar-refractivity contribution < 1.29 is 0 Å². The lowest BCUT2D eigenvalue weighted by molar-refractivity contribution is 0.570. The number of aryl methyl sites for hydroxylation is 1. The van der Waals surface area contributed by atoms with Crippen molar-refractivity contribution in [3.05, 3.63) is 20.7 Å². The van der Waals surface area contributed by atoms with Crippen molar-refractivity contribution in [2.24, 2.45) is 0 Å². The zero-order chi connectivity index (χ0) is 10.4. The fraction of sp³-hybridized carbons (Fsp3) is 0.700. The molecule has 0 saturated carbocycles. The Hall–Kier alpha value is -0.220. The third-order valence-electron chi connectivity index (χ3n) is 2.27. The zero-order valence-electron chi connectivity index (χ0n) is 8.53. The lowest BCUT2D eigenvalue weighted by Crippen LogP contribution is -2.14. The quantitative estimate of drug-likeness (QED) is 0.590. The maximum Gasteiger partial charge on any atom is 0.307 e. The van der Waals surface area contributed by atoms with Crippen LogP contribution >= 0.6 is 24.0 Å². The van der Waals surface area contributed by atoms with Gasteiger partial charge in [0.2, 0.25) is 0 Å². The highest BCUT2D eigenvalue weighted by Crippen LogP contribution is 2.05. The van der Waals surface area contributed by atoms with Crippen LogP contribution in [-0.4, -0.2) is 10.3 Å². The number of thiazole rings is 1. The summed E-state index contributed by atoms with van der Waals surface area (Å²) in [5.41, 5.74) is 1.09. The molecule has 0 aliphatic heterocycles. The zero-order valence-corrected chi connectivity index (χ0v) is 10.2. The van der Waals surface area contributed by atoms with Crippen LogP contribution in [-0.2, 0) is 6.54 Å². The first-order chi connectivity index (χ1) is 6.75. The highest BCUT2D eigenvalue weighted by atomic mass is 32.1. The van der Waals surface area contributed by atoms with E-state index < -0.39 is 0 Å². The molecule has 1 aromatic rings. The average molecular weight is 231 g/mol. The van der Waals surface area contributed by atoms with E-state index in [0.29, 0.717) is 0 Å². The lowest BCUT2D eigenvalue weighted by atomic mass is 10.2. The molecule has 0 radical (unpaired) electrons. The first kappa shape index (κ1) is 11.9. The summed E-state index contributed by atoms with van der Waals surface area (Å²) in [5, 5.41) is 1.93. The molecule has 0 aliphatic carbocycles.